The zero-order valence-electron chi connectivity index (χ0n) is 11.5. The summed E-state index contributed by atoms with van der Waals surface area (Å²) in [6, 6.07) is 10.2. The van der Waals surface area contributed by atoms with E-state index in [1.54, 1.807) is 0 Å². The topological polar surface area (TPSA) is 26.3 Å². The summed E-state index contributed by atoms with van der Waals surface area (Å²) < 4.78 is 4.67. The van der Waals surface area contributed by atoms with E-state index < -0.39 is 0 Å². The third-order valence-electron chi connectivity index (χ3n) is 3.24. The molecule has 102 valence electrons. The Balaban J connectivity index is 2.29. The van der Waals surface area contributed by atoms with Gasteiger partial charge in [-0.1, -0.05) is 72.9 Å². The summed E-state index contributed by atoms with van der Waals surface area (Å²) in [5.74, 6) is 0.00152. The second kappa shape index (κ2) is 7.29. The summed E-state index contributed by atoms with van der Waals surface area (Å²) in [7, 11) is 1.39. The molecule has 0 heterocycles. The minimum atomic E-state index is -0.328. The van der Waals surface area contributed by atoms with Gasteiger partial charge >= 0.3 is 5.97 Å². The van der Waals surface area contributed by atoms with E-state index in [9.17, 15) is 4.79 Å². The Kier molecular flexibility index (Phi) is 5.13. The molecule has 0 aliphatic heterocycles. The Morgan fingerprint density at radius 2 is 1.75 bits per heavy atom. The van der Waals surface area contributed by atoms with E-state index in [4.69, 9.17) is 0 Å². The van der Waals surface area contributed by atoms with E-state index in [1.807, 2.05) is 48.6 Å². The molecule has 0 fully saturated rings. The van der Waals surface area contributed by atoms with Crippen molar-refractivity contribution in [3.05, 3.63) is 84.5 Å². The second-order valence-corrected chi connectivity index (χ2v) is 4.55. The monoisotopic (exact) mass is 266 g/mol. The molecular weight excluding hydrogens is 248 g/mol. The average molecular weight is 266 g/mol. The van der Waals surface area contributed by atoms with Crippen molar-refractivity contribution in [3.63, 3.8) is 0 Å². The van der Waals surface area contributed by atoms with Crippen molar-refractivity contribution in [2.75, 3.05) is 7.11 Å². The molecule has 2 rings (SSSR count). The highest BCUT2D eigenvalue weighted by Crippen LogP contribution is 2.29. The number of esters is 1. The molecule has 20 heavy (non-hydrogen) atoms. The summed E-state index contributed by atoms with van der Waals surface area (Å²) >= 11 is 0. The molecule has 1 aliphatic carbocycles. The van der Waals surface area contributed by atoms with Gasteiger partial charge in [0.2, 0.25) is 0 Å². The number of carbonyl (C=O) groups is 1. The molecule has 0 aromatic heterocycles. The largest absolute Gasteiger partial charge is 0.466 e. The summed E-state index contributed by atoms with van der Waals surface area (Å²) in [5, 5.41) is 0. The lowest BCUT2D eigenvalue weighted by Crippen LogP contribution is -2.07. The Hall–Kier alpha value is -2.35. The molecule has 0 saturated heterocycles. The van der Waals surface area contributed by atoms with Crippen LogP contribution in [0.15, 0.2) is 78.9 Å². The van der Waals surface area contributed by atoms with Crippen molar-refractivity contribution in [3.8, 4) is 0 Å². The number of benzene rings is 1. The van der Waals surface area contributed by atoms with Crippen LogP contribution in [0.1, 0.15) is 11.5 Å². The van der Waals surface area contributed by atoms with Gasteiger partial charge in [0.15, 0.2) is 0 Å². The number of hydrogen-bond donors (Lipinski definition) is 0. The summed E-state index contributed by atoms with van der Waals surface area (Å²) in [5.41, 5.74) is 1.17. The van der Waals surface area contributed by atoms with Gasteiger partial charge in [0.05, 0.1) is 7.11 Å². The fourth-order valence-electron chi connectivity index (χ4n) is 2.20. The molecule has 0 saturated carbocycles. The van der Waals surface area contributed by atoms with Crippen LogP contribution in [0.25, 0.3) is 0 Å². The molecule has 1 aromatic carbocycles. The number of ether oxygens (including phenoxy) is 1. The zero-order valence-corrected chi connectivity index (χ0v) is 11.5. The van der Waals surface area contributed by atoms with Crippen molar-refractivity contribution in [2.24, 2.45) is 5.92 Å². The zero-order chi connectivity index (χ0) is 14.2. The highest BCUT2D eigenvalue weighted by Gasteiger charge is 2.16. The highest BCUT2D eigenvalue weighted by atomic mass is 16.5. The van der Waals surface area contributed by atoms with E-state index in [0.717, 1.165) is 0 Å². The van der Waals surface area contributed by atoms with Gasteiger partial charge in [-0.25, -0.2) is 4.79 Å². The minimum Gasteiger partial charge on any atom is -0.466 e. The SMILES string of the molecule is COC(=O)/C=C/[C@@H](c1ccccc1)C1C=CC=CC=C1. The maximum atomic E-state index is 11.3. The van der Waals surface area contributed by atoms with E-state index in [-0.39, 0.29) is 17.8 Å². The van der Waals surface area contributed by atoms with Crippen molar-refractivity contribution >= 4 is 5.97 Å². The van der Waals surface area contributed by atoms with Crippen LogP contribution in [0.2, 0.25) is 0 Å². The first kappa shape index (κ1) is 14.1. The van der Waals surface area contributed by atoms with Gasteiger partial charge in [0.1, 0.15) is 0 Å². The van der Waals surface area contributed by atoms with Crippen molar-refractivity contribution < 1.29 is 9.53 Å². The minimum absolute atomic E-state index is 0.114. The first-order valence-electron chi connectivity index (χ1n) is 6.64. The lowest BCUT2D eigenvalue weighted by atomic mass is 9.85. The molecule has 0 spiro atoms. The molecule has 0 unspecified atom stereocenters. The van der Waals surface area contributed by atoms with Crippen LogP contribution in [0.4, 0.5) is 0 Å². The van der Waals surface area contributed by atoms with Gasteiger partial charge in [-0.3, -0.25) is 0 Å². The van der Waals surface area contributed by atoms with Crippen LogP contribution in [-0.4, -0.2) is 13.1 Å². The smallest absolute Gasteiger partial charge is 0.330 e. The van der Waals surface area contributed by atoms with Gasteiger partial charge < -0.3 is 4.74 Å². The third-order valence-corrected chi connectivity index (χ3v) is 3.24. The van der Waals surface area contributed by atoms with Crippen LogP contribution in [0.3, 0.4) is 0 Å². The van der Waals surface area contributed by atoms with Gasteiger partial charge in [0, 0.05) is 17.9 Å². The normalized spacial score (nSPS) is 16.2. The Labute approximate surface area is 119 Å². The molecule has 0 amide bonds. The number of methoxy groups -OCH3 is 1. The standard InChI is InChI=1S/C18H18O2/c1-20-18(19)14-13-17(16-11-7-4-8-12-16)15-9-5-2-3-6-10-15/h2-15,17H,1H3/b14-13+/t17-/m1/s1. The summed E-state index contributed by atoms with van der Waals surface area (Å²) in [6.07, 6.45) is 15.8. The Bertz CT molecular complexity index is 534. The van der Waals surface area contributed by atoms with E-state index in [2.05, 4.69) is 29.0 Å². The van der Waals surface area contributed by atoms with E-state index >= 15 is 0 Å². The fourth-order valence-corrected chi connectivity index (χ4v) is 2.20. The Morgan fingerprint density at radius 1 is 1.10 bits per heavy atom. The fraction of sp³-hybridized carbons (Fsp3) is 0.167. The van der Waals surface area contributed by atoms with Crippen molar-refractivity contribution in [1.29, 1.82) is 0 Å². The van der Waals surface area contributed by atoms with Crippen LogP contribution >= 0.6 is 0 Å². The van der Waals surface area contributed by atoms with Crippen LogP contribution in [0, 0.1) is 5.92 Å². The maximum Gasteiger partial charge on any atom is 0.330 e. The molecule has 0 N–H and O–H groups in total. The maximum absolute atomic E-state index is 11.3. The van der Waals surface area contributed by atoms with E-state index in [1.165, 1.54) is 18.7 Å². The molecule has 1 atom stereocenters. The first-order chi connectivity index (χ1) is 9.81. The molecule has 1 aromatic rings. The summed E-state index contributed by atoms with van der Waals surface area (Å²) in [6.45, 7) is 0. The lowest BCUT2D eigenvalue weighted by molar-refractivity contribution is -0.134. The first-order valence-corrected chi connectivity index (χ1v) is 6.64. The second-order valence-electron chi connectivity index (χ2n) is 4.55. The number of hydrogen-bond acceptors (Lipinski definition) is 2. The van der Waals surface area contributed by atoms with Crippen LogP contribution < -0.4 is 0 Å². The molecule has 2 heteroatoms. The quantitative estimate of drug-likeness (QED) is 0.612. The van der Waals surface area contributed by atoms with Gasteiger partial charge in [-0.05, 0) is 5.56 Å². The Morgan fingerprint density at radius 3 is 2.35 bits per heavy atom. The van der Waals surface area contributed by atoms with Crippen LogP contribution in [0.5, 0.6) is 0 Å². The highest BCUT2D eigenvalue weighted by molar-refractivity contribution is 5.81. The lowest BCUT2D eigenvalue weighted by Gasteiger charge is -2.19. The molecule has 2 nitrogen and oxygen atoms in total. The predicted molar refractivity (Wildman–Crippen MR) is 81.2 cm³/mol. The summed E-state index contributed by atoms with van der Waals surface area (Å²) in [4.78, 5) is 11.3. The average Bonchev–Trinajstić information content (AvgIpc) is 2.77. The third kappa shape index (κ3) is 3.82. The molecule has 1 aliphatic rings. The molecule has 0 bridgehead atoms. The van der Waals surface area contributed by atoms with Gasteiger partial charge in [-0.2, -0.15) is 0 Å². The van der Waals surface area contributed by atoms with Gasteiger partial charge in [0.25, 0.3) is 0 Å². The van der Waals surface area contributed by atoms with Crippen molar-refractivity contribution in [1.82, 2.24) is 0 Å². The number of rotatable bonds is 4. The molecular formula is C18H18O2. The van der Waals surface area contributed by atoms with Crippen molar-refractivity contribution in [2.45, 2.75) is 5.92 Å². The molecule has 0 radical (unpaired) electrons. The predicted octanol–water partition coefficient (Wildman–Crippen LogP) is 3.80. The van der Waals surface area contributed by atoms with E-state index in [0.29, 0.717) is 0 Å². The number of allylic oxidation sites excluding steroid dienone is 7. The van der Waals surface area contributed by atoms with Gasteiger partial charge in [-0.15, -0.1) is 0 Å². The van der Waals surface area contributed by atoms with Crippen LogP contribution in [-0.2, 0) is 9.53 Å². The number of carbonyl (C=O) groups excluding carboxylic acids is 1.